The molecule has 3 nitrogen and oxygen atoms in total. The van der Waals surface area contributed by atoms with Gasteiger partial charge in [-0.05, 0) is 18.2 Å². The topological polar surface area (TPSA) is 41.5 Å². The third-order valence-corrected chi connectivity index (χ3v) is 4.89. The second kappa shape index (κ2) is 8.05. The quantitative estimate of drug-likeness (QED) is 0.438. The molecule has 0 aliphatic carbocycles. The molecule has 1 aliphatic heterocycles. The van der Waals surface area contributed by atoms with E-state index in [9.17, 15) is 66.3 Å². The molecule has 18 heteroatoms. The monoisotopic (exact) mass is 526 g/mol. The van der Waals surface area contributed by atoms with Crippen molar-refractivity contribution in [1.82, 2.24) is 5.32 Å². The van der Waals surface area contributed by atoms with Gasteiger partial charge in [0.25, 0.3) is 11.4 Å². The lowest BCUT2D eigenvalue weighted by Crippen LogP contribution is -2.55. The second-order valence-electron chi connectivity index (χ2n) is 6.01. The molecule has 0 saturated carbocycles. The number of amidine groups is 1. The predicted octanol–water partition coefficient (Wildman–Crippen LogP) is 6.28. The number of carbonyl (C=O) groups is 1. The molecule has 0 fully saturated rings. The lowest BCUT2D eigenvalue weighted by molar-refractivity contribution is -0.280. The summed E-state index contributed by atoms with van der Waals surface area (Å²) < 4.78 is 183. The number of nitrogens with zero attached hydrogens (tertiary/aromatic N) is 1. The number of allylic oxidation sites excluding steroid dienone is 1. The first-order valence-corrected chi connectivity index (χ1v) is 8.51. The number of thioether (sulfide) groups is 1. The van der Waals surface area contributed by atoms with Gasteiger partial charge in [0.15, 0.2) is 5.17 Å². The lowest BCUT2D eigenvalue weighted by atomic mass is 9.97. The van der Waals surface area contributed by atoms with Crippen LogP contribution in [0, 0.1) is 5.82 Å². The Labute approximate surface area is 176 Å². The average molecular weight is 526 g/mol. The molecule has 1 aromatic rings. The fourth-order valence-electron chi connectivity index (χ4n) is 2.38. The van der Waals surface area contributed by atoms with Crippen molar-refractivity contribution in [2.24, 2.45) is 4.99 Å². The molecule has 33 heavy (non-hydrogen) atoms. The number of alkyl halides is 12. The molecule has 0 radical (unpaired) electrons. The van der Waals surface area contributed by atoms with Crippen LogP contribution in [0.4, 0.5) is 61.5 Å². The van der Waals surface area contributed by atoms with E-state index in [1.165, 1.54) is 0 Å². The Morgan fingerprint density at radius 2 is 1.42 bits per heavy atom. The van der Waals surface area contributed by atoms with Crippen molar-refractivity contribution in [1.29, 1.82) is 0 Å². The summed E-state index contributed by atoms with van der Waals surface area (Å²) in [6, 6.07) is 0.262. The fourth-order valence-corrected chi connectivity index (χ4v) is 3.53. The average Bonchev–Trinajstić information content (AvgIpc) is 2.99. The smallest absolute Gasteiger partial charge is 0.301 e. The van der Waals surface area contributed by atoms with Crippen molar-refractivity contribution < 1.29 is 66.3 Å². The van der Waals surface area contributed by atoms with E-state index in [0.717, 1.165) is 5.32 Å². The van der Waals surface area contributed by atoms with Crippen LogP contribution in [-0.4, -0.2) is 35.1 Å². The zero-order valence-electron chi connectivity index (χ0n) is 14.8. The van der Waals surface area contributed by atoms with E-state index < -0.39 is 80.8 Å². The van der Waals surface area contributed by atoms with Crippen LogP contribution in [0.3, 0.4) is 0 Å². The van der Waals surface area contributed by atoms with Crippen molar-refractivity contribution in [3.63, 3.8) is 0 Å². The van der Waals surface area contributed by atoms with E-state index in [2.05, 4.69) is 0 Å². The number of hydrogen-bond acceptors (Lipinski definition) is 3. The number of hydrogen-bond donors (Lipinski definition) is 1. The molecule has 0 saturated heterocycles. The summed E-state index contributed by atoms with van der Waals surface area (Å²) in [6.07, 6.45) is -25.1. The first kappa shape index (κ1) is 26.7. The summed E-state index contributed by atoms with van der Waals surface area (Å²) in [5, 5.41) is -0.715. The number of rotatable bonds is 1. The number of carbonyl (C=O) groups excluding carboxylic acids is 1. The molecule has 2 rings (SSSR count). The molecule has 0 unspecified atom stereocenters. The van der Waals surface area contributed by atoms with Crippen LogP contribution in [0.2, 0.25) is 0 Å². The summed E-state index contributed by atoms with van der Waals surface area (Å²) in [5.41, 5.74) is -8.97. The molecule has 0 bridgehead atoms. The summed E-state index contributed by atoms with van der Waals surface area (Å²) in [5.74, 6) is -7.60. The van der Waals surface area contributed by atoms with Gasteiger partial charge in [0, 0.05) is 5.56 Å². The standard InChI is InChI=1S/C15H4F14N2OS/c16-6-2-1-4(3-5(6)12(18,19)20)9(32)30-10-31-11(14(24,25)26,15(27,28)29)8(33-10)7(17)13(21,22)23/h1-3H,(H,30,31,32). The lowest BCUT2D eigenvalue weighted by Gasteiger charge is -2.31. The molecule has 1 aromatic carbocycles. The Hall–Kier alpha value is -2.53. The Bertz CT molecular complexity index is 1000. The molecular weight excluding hydrogens is 522 g/mol. The number of nitrogens with one attached hydrogen (secondary N) is 1. The van der Waals surface area contributed by atoms with Gasteiger partial charge in [0.2, 0.25) is 5.83 Å². The summed E-state index contributed by atoms with van der Waals surface area (Å²) in [6.45, 7) is 0. The van der Waals surface area contributed by atoms with Crippen LogP contribution in [0.25, 0.3) is 0 Å². The number of aliphatic imine (C=N–C) groups is 1. The van der Waals surface area contributed by atoms with Crippen molar-refractivity contribution in [2.45, 2.75) is 30.2 Å². The van der Waals surface area contributed by atoms with Gasteiger partial charge in [-0.2, -0.15) is 52.7 Å². The second-order valence-corrected chi connectivity index (χ2v) is 7.01. The van der Waals surface area contributed by atoms with Crippen molar-refractivity contribution >= 4 is 22.8 Å². The zero-order valence-corrected chi connectivity index (χ0v) is 15.6. The molecule has 0 atom stereocenters. The van der Waals surface area contributed by atoms with E-state index in [0.29, 0.717) is 6.07 Å². The van der Waals surface area contributed by atoms with Crippen LogP contribution in [0.15, 0.2) is 33.9 Å². The molecule has 1 amide bonds. The van der Waals surface area contributed by atoms with Crippen LogP contribution in [0.1, 0.15) is 15.9 Å². The van der Waals surface area contributed by atoms with E-state index in [1.807, 2.05) is 4.99 Å². The molecule has 0 spiro atoms. The highest BCUT2D eigenvalue weighted by molar-refractivity contribution is 8.17. The van der Waals surface area contributed by atoms with Gasteiger partial charge in [-0.25, -0.2) is 13.8 Å². The van der Waals surface area contributed by atoms with E-state index >= 15 is 0 Å². The van der Waals surface area contributed by atoms with Gasteiger partial charge in [-0.15, -0.1) is 0 Å². The van der Waals surface area contributed by atoms with Gasteiger partial charge in [0.1, 0.15) is 5.82 Å². The van der Waals surface area contributed by atoms with Crippen molar-refractivity contribution in [2.75, 3.05) is 0 Å². The molecule has 1 N–H and O–H groups in total. The third kappa shape index (κ3) is 4.89. The number of benzene rings is 1. The van der Waals surface area contributed by atoms with E-state index in [1.54, 1.807) is 0 Å². The number of halogens is 14. The first-order valence-electron chi connectivity index (χ1n) is 7.69. The van der Waals surface area contributed by atoms with Gasteiger partial charge < -0.3 is 5.32 Å². The summed E-state index contributed by atoms with van der Waals surface area (Å²) in [4.78, 5) is 11.0. The highest BCUT2D eigenvalue weighted by Crippen LogP contribution is 2.59. The van der Waals surface area contributed by atoms with Crippen molar-refractivity contribution in [3.8, 4) is 0 Å². The Morgan fingerprint density at radius 3 is 1.85 bits per heavy atom. The van der Waals surface area contributed by atoms with Crippen LogP contribution in [0.5, 0.6) is 0 Å². The Balaban J connectivity index is 2.60. The normalized spacial score (nSPS) is 18.8. The van der Waals surface area contributed by atoms with Gasteiger partial charge in [-0.3, -0.25) is 4.79 Å². The number of amides is 1. The zero-order chi connectivity index (χ0) is 25.8. The van der Waals surface area contributed by atoms with Gasteiger partial charge >= 0.3 is 24.7 Å². The minimum atomic E-state index is -6.69. The SMILES string of the molecule is O=C(NC1=NC(C(F)(F)F)(C(F)(F)F)C(=C(F)C(F)(F)F)S1)c1ccc(F)c(C(F)(F)F)c1. The minimum Gasteiger partial charge on any atom is -0.301 e. The maximum absolute atomic E-state index is 13.6. The molecule has 1 heterocycles. The van der Waals surface area contributed by atoms with Crippen molar-refractivity contribution in [3.05, 3.63) is 45.9 Å². The molecule has 1 aliphatic rings. The van der Waals surface area contributed by atoms with Crippen LogP contribution >= 0.6 is 11.8 Å². The summed E-state index contributed by atoms with van der Waals surface area (Å²) >= 11 is -1.19. The van der Waals surface area contributed by atoms with Crippen LogP contribution < -0.4 is 5.32 Å². The molecule has 184 valence electrons. The Kier molecular flexibility index (Phi) is 6.52. The minimum absolute atomic E-state index is 0.0890. The van der Waals surface area contributed by atoms with E-state index in [4.69, 9.17) is 0 Å². The maximum Gasteiger partial charge on any atom is 0.443 e. The first-order chi connectivity index (χ1) is 14.6. The maximum atomic E-state index is 13.6. The third-order valence-electron chi connectivity index (χ3n) is 3.82. The fraction of sp³-hybridized carbons (Fsp3) is 0.333. The largest absolute Gasteiger partial charge is 0.443 e. The predicted molar refractivity (Wildman–Crippen MR) is 82.9 cm³/mol. The summed E-state index contributed by atoms with van der Waals surface area (Å²) in [7, 11) is 0. The molecular formula is C15H4F14N2OS. The van der Waals surface area contributed by atoms with E-state index in [-0.39, 0.29) is 12.1 Å². The Morgan fingerprint density at radius 1 is 0.909 bits per heavy atom. The van der Waals surface area contributed by atoms with Crippen LogP contribution in [-0.2, 0) is 6.18 Å². The highest BCUT2D eigenvalue weighted by Gasteiger charge is 2.77. The highest BCUT2D eigenvalue weighted by atomic mass is 32.2. The van der Waals surface area contributed by atoms with Gasteiger partial charge in [0.05, 0.1) is 10.5 Å². The van der Waals surface area contributed by atoms with Gasteiger partial charge in [-0.1, -0.05) is 11.8 Å². The molecule has 0 aromatic heterocycles.